The molecule has 2 aromatic rings. The van der Waals surface area contributed by atoms with Crippen LogP contribution in [0.5, 0.6) is 11.5 Å². The predicted octanol–water partition coefficient (Wildman–Crippen LogP) is 13.5. The van der Waals surface area contributed by atoms with E-state index in [1.165, 1.54) is 165 Å². The van der Waals surface area contributed by atoms with E-state index >= 15 is 0 Å². The van der Waals surface area contributed by atoms with Crippen molar-refractivity contribution >= 4 is 11.9 Å². The summed E-state index contributed by atoms with van der Waals surface area (Å²) in [6.07, 6.45) is 37.0. The minimum Gasteiger partial charge on any atom is -0.482 e. The topological polar surface area (TPSA) is 61.8 Å². The van der Waals surface area contributed by atoms with E-state index in [1.807, 2.05) is 36.4 Å². The fraction of sp³-hybridized carbons (Fsp3) is 0.696. The minimum absolute atomic E-state index is 0.317. The summed E-state index contributed by atoms with van der Waals surface area (Å²) in [4.78, 5) is 24.5. The SMILES string of the molecule is CCCCCCCCCCCCCCCc1cccc(OCC(=O)OC(=O)COc2cccc(CCCCCCCCCCCCCCC)c2)c1. The van der Waals surface area contributed by atoms with Gasteiger partial charge in [0.2, 0.25) is 0 Å². The van der Waals surface area contributed by atoms with Crippen LogP contribution in [0.2, 0.25) is 0 Å². The lowest BCUT2D eigenvalue weighted by Crippen LogP contribution is -2.23. The summed E-state index contributed by atoms with van der Waals surface area (Å²) < 4.78 is 16.2. The fourth-order valence-electron chi connectivity index (χ4n) is 6.75. The lowest BCUT2D eigenvalue weighted by atomic mass is 10.0. The third-order valence-electron chi connectivity index (χ3n) is 9.88. The molecular formula is C46H74O5. The van der Waals surface area contributed by atoms with Crippen LogP contribution in [0, 0.1) is 0 Å². The number of aryl methyl sites for hydroxylation is 2. The average molecular weight is 707 g/mol. The molecule has 0 aliphatic heterocycles. The Balaban J connectivity index is 1.49. The number of hydrogen-bond acceptors (Lipinski definition) is 5. The van der Waals surface area contributed by atoms with Gasteiger partial charge in [-0.15, -0.1) is 0 Å². The number of unbranched alkanes of at least 4 members (excludes halogenated alkanes) is 24. The number of hydrogen-bond donors (Lipinski definition) is 0. The van der Waals surface area contributed by atoms with Crippen LogP contribution in [0.3, 0.4) is 0 Å². The Kier molecular flexibility index (Phi) is 27.7. The van der Waals surface area contributed by atoms with Crippen LogP contribution in [-0.4, -0.2) is 25.2 Å². The monoisotopic (exact) mass is 707 g/mol. The van der Waals surface area contributed by atoms with Crippen molar-refractivity contribution in [1.29, 1.82) is 0 Å². The standard InChI is InChI=1S/C46H74O5/c1-3-5-7-9-11-13-15-17-19-21-23-25-27-31-41-33-29-35-43(37-41)49-39-45(47)51-46(48)40-50-44-36-30-34-42(38-44)32-28-26-24-22-20-18-16-14-12-10-8-6-4-2/h29-30,33-38H,3-28,31-32,39-40H2,1-2H3. The van der Waals surface area contributed by atoms with Gasteiger partial charge < -0.3 is 14.2 Å². The zero-order valence-electron chi connectivity index (χ0n) is 32.9. The molecule has 0 atom stereocenters. The van der Waals surface area contributed by atoms with Gasteiger partial charge in [-0.1, -0.05) is 192 Å². The van der Waals surface area contributed by atoms with Gasteiger partial charge in [0.05, 0.1) is 0 Å². The molecule has 0 bridgehead atoms. The lowest BCUT2D eigenvalue weighted by molar-refractivity contribution is -0.162. The molecule has 0 aliphatic rings. The van der Waals surface area contributed by atoms with Crippen molar-refractivity contribution in [2.45, 2.75) is 194 Å². The molecule has 288 valence electrons. The number of benzene rings is 2. The van der Waals surface area contributed by atoms with Crippen LogP contribution < -0.4 is 9.47 Å². The number of carbonyl (C=O) groups is 2. The van der Waals surface area contributed by atoms with E-state index in [1.54, 1.807) is 0 Å². The van der Waals surface area contributed by atoms with Crippen LogP contribution in [0.1, 0.15) is 192 Å². The second-order valence-corrected chi connectivity index (χ2v) is 14.7. The first-order chi connectivity index (χ1) is 25.1. The van der Waals surface area contributed by atoms with Crippen LogP contribution >= 0.6 is 0 Å². The maximum Gasteiger partial charge on any atom is 0.351 e. The van der Waals surface area contributed by atoms with Crippen LogP contribution in [-0.2, 0) is 27.2 Å². The quantitative estimate of drug-likeness (QED) is 0.0412. The third kappa shape index (κ3) is 25.7. The molecule has 0 spiro atoms. The van der Waals surface area contributed by atoms with Gasteiger partial charge in [-0.05, 0) is 61.1 Å². The van der Waals surface area contributed by atoms with Crippen molar-refractivity contribution < 1.29 is 23.8 Å². The van der Waals surface area contributed by atoms with Gasteiger partial charge in [-0.2, -0.15) is 0 Å². The maximum atomic E-state index is 12.3. The second-order valence-electron chi connectivity index (χ2n) is 14.7. The van der Waals surface area contributed by atoms with Gasteiger partial charge in [-0.3, -0.25) is 0 Å². The average Bonchev–Trinajstić information content (AvgIpc) is 3.14. The Morgan fingerprint density at radius 3 is 1.02 bits per heavy atom. The Hall–Kier alpha value is -2.82. The first kappa shape index (κ1) is 44.3. The molecule has 0 amide bonds. The Bertz CT molecular complexity index is 1040. The van der Waals surface area contributed by atoms with E-state index in [-0.39, 0.29) is 13.2 Å². The van der Waals surface area contributed by atoms with Gasteiger partial charge in [0.15, 0.2) is 13.2 Å². The number of carbonyl (C=O) groups excluding carboxylic acids is 2. The molecule has 0 heterocycles. The highest BCUT2D eigenvalue weighted by Gasteiger charge is 2.13. The molecule has 0 saturated heterocycles. The normalized spacial score (nSPS) is 11.1. The van der Waals surface area contributed by atoms with E-state index in [4.69, 9.17) is 14.2 Å². The maximum absolute atomic E-state index is 12.3. The highest BCUT2D eigenvalue weighted by molar-refractivity contribution is 5.86. The minimum atomic E-state index is -0.721. The smallest absolute Gasteiger partial charge is 0.351 e. The molecule has 5 heteroatoms. The van der Waals surface area contributed by atoms with Crippen LogP contribution in [0.4, 0.5) is 0 Å². The molecule has 51 heavy (non-hydrogen) atoms. The molecule has 0 saturated carbocycles. The van der Waals surface area contributed by atoms with Gasteiger partial charge >= 0.3 is 11.9 Å². The summed E-state index contributed by atoms with van der Waals surface area (Å²) in [5, 5.41) is 0. The lowest BCUT2D eigenvalue weighted by Gasteiger charge is -2.09. The highest BCUT2D eigenvalue weighted by Crippen LogP contribution is 2.19. The molecule has 2 aromatic carbocycles. The van der Waals surface area contributed by atoms with Crippen molar-refractivity contribution in [2.24, 2.45) is 0 Å². The zero-order chi connectivity index (χ0) is 36.5. The van der Waals surface area contributed by atoms with E-state index in [2.05, 4.69) is 26.0 Å². The molecule has 0 N–H and O–H groups in total. The fourth-order valence-corrected chi connectivity index (χ4v) is 6.75. The summed E-state index contributed by atoms with van der Waals surface area (Å²) in [5.41, 5.74) is 2.40. The Morgan fingerprint density at radius 2 is 0.706 bits per heavy atom. The van der Waals surface area contributed by atoms with Gasteiger partial charge in [0.1, 0.15) is 11.5 Å². The van der Waals surface area contributed by atoms with Gasteiger partial charge in [0.25, 0.3) is 0 Å². The summed E-state index contributed by atoms with van der Waals surface area (Å²) in [6, 6.07) is 15.7. The number of esters is 2. The largest absolute Gasteiger partial charge is 0.482 e. The number of ether oxygens (including phenoxy) is 3. The first-order valence-electron chi connectivity index (χ1n) is 21.3. The molecule has 0 radical (unpaired) electrons. The summed E-state index contributed by atoms with van der Waals surface area (Å²) in [5.74, 6) is -0.213. The van der Waals surface area contributed by atoms with Crippen molar-refractivity contribution in [3.63, 3.8) is 0 Å². The van der Waals surface area contributed by atoms with Crippen LogP contribution in [0.15, 0.2) is 48.5 Å². The summed E-state index contributed by atoms with van der Waals surface area (Å²) >= 11 is 0. The summed E-state index contributed by atoms with van der Waals surface area (Å²) in [7, 11) is 0. The Morgan fingerprint density at radius 1 is 0.412 bits per heavy atom. The highest BCUT2D eigenvalue weighted by atomic mass is 16.6. The molecule has 0 unspecified atom stereocenters. The molecular weight excluding hydrogens is 633 g/mol. The summed E-state index contributed by atoms with van der Waals surface area (Å²) in [6.45, 7) is 3.91. The van der Waals surface area contributed by atoms with Gasteiger partial charge in [0, 0.05) is 0 Å². The van der Waals surface area contributed by atoms with Gasteiger partial charge in [-0.25, -0.2) is 9.59 Å². The molecule has 0 fully saturated rings. The molecule has 0 aromatic heterocycles. The van der Waals surface area contributed by atoms with Crippen molar-refractivity contribution in [3.05, 3.63) is 59.7 Å². The molecule has 5 nitrogen and oxygen atoms in total. The van der Waals surface area contributed by atoms with Crippen LogP contribution in [0.25, 0.3) is 0 Å². The van der Waals surface area contributed by atoms with E-state index in [0.717, 1.165) is 25.7 Å². The second kappa shape index (κ2) is 31.9. The van der Waals surface area contributed by atoms with E-state index in [0.29, 0.717) is 11.5 Å². The van der Waals surface area contributed by atoms with E-state index < -0.39 is 11.9 Å². The molecule has 0 aliphatic carbocycles. The van der Waals surface area contributed by atoms with Crippen molar-refractivity contribution in [1.82, 2.24) is 0 Å². The van der Waals surface area contributed by atoms with E-state index in [9.17, 15) is 9.59 Å². The van der Waals surface area contributed by atoms with Crippen molar-refractivity contribution in [3.8, 4) is 11.5 Å². The third-order valence-corrected chi connectivity index (χ3v) is 9.88. The predicted molar refractivity (Wildman–Crippen MR) is 214 cm³/mol. The zero-order valence-corrected chi connectivity index (χ0v) is 32.9. The number of rotatable bonds is 34. The first-order valence-corrected chi connectivity index (χ1v) is 21.3. The van der Waals surface area contributed by atoms with Crippen molar-refractivity contribution in [2.75, 3.05) is 13.2 Å². The molecule has 2 rings (SSSR count). The Labute approximate surface area is 313 Å².